The molecule has 0 spiro atoms. The summed E-state index contributed by atoms with van der Waals surface area (Å²) >= 11 is 5.56. The van der Waals surface area contributed by atoms with Crippen LogP contribution in [0.15, 0.2) is 18.2 Å². The molecule has 0 bridgehead atoms. The highest BCUT2D eigenvalue weighted by Gasteiger charge is 2.25. The summed E-state index contributed by atoms with van der Waals surface area (Å²) in [5.74, 6) is -3.81. The minimum absolute atomic E-state index is 0.0194. The van der Waals surface area contributed by atoms with Crippen LogP contribution in [0.3, 0.4) is 0 Å². The minimum atomic E-state index is -3.03. The lowest BCUT2D eigenvalue weighted by molar-refractivity contribution is 0.0174. The van der Waals surface area contributed by atoms with Crippen LogP contribution in [0.2, 0.25) is 5.02 Å². The summed E-state index contributed by atoms with van der Waals surface area (Å²) in [6.07, 6.45) is 0. The summed E-state index contributed by atoms with van der Waals surface area (Å²) in [6, 6.07) is 3.39. The molecule has 0 aromatic heterocycles. The molecule has 0 unspecified atom stereocenters. The zero-order valence-electron chi connectivity index (χ0n) is 7.35. The summed E-state index contributed by atoms with van der Waals surface area (Å²) < 4.78 is 25.7. The van der Waals surface area contributed by atoms with E-state index >= 15 is 0 Å². The fourth-order valence-corrected chi connectivity index (χ4v) is 1.22. The van der Waals surface area contributed by atoms with Gasteiger partial charge in [-0.15, -0.1) is 0 Å². The molecule has 0 aliphatic carbocycles. The van der Waals surface area contributed by atoms with Crippen LogP contribution in [0.25, 0.3) is 0 Å². The first-order valence-electron chi connectivity index (χ1n) is 3.79. The Morgan fingerprint density at radius 2 is 2.00 bits per heavy atom. The largest absolute Gasteiger partial charge is 0.366 e. The lowest BCUT2D eigenvalue weighted by Gasteiger charge is -2.11. The van der Waals surface area contributed by atoms with Crippen molar-refractivity contribution in [2.24, 2.45) is 5.73 Å². The van der Waals surface area contributed by atoms with Crippen molar-refractivity contribution >= 4 is 17.5 Å². The Morgan fingerprint density at radius 1 is 1.43 bits per heavy atom. The number of alkyl halides is 2. The van der Waals surface area contributed by atoms with Crippen LogP contribution in [-0.4, -0.2) is 5.91 Å². The van der Waals surface area contributed by atoms with E-state index in [0.717, 1.165) is 19.1 Å². The Labute approximate surface area is 84.7 Å². The van der Waals surface area contributed by atoms with Gasteiger partial charge in [-0.1, -0.05) is 11.6 Å². The Bertz CT molecular complexity index is 374. The summed E-state index contributed by atoms with van der Waals surface area (Å²) in [5, 5.41) is 0.0674. The van der Waals surface area contributed by atoms with Gasteiger partial charge < -0.3 is 5.73 Å². The van der Waals surface area contributed by atoms with E-state index in [0.29, 0.717) is 0 Å². The van der Waals surface area contributed by atoms with E-state index in [1.807, 2.05) is 0 Å². The molecule has 0 fully saturated rings. The second-order valence-corrected chi connectivity index (χ2v) is 3.42. The number of rotatable bonds is 2. The Kier molecular flexibility index (Phi) is 2.76. The number of carbonyl (C=O) groups is 1. The van der Waals surface area contributed by atoms with Crippen LogP contribution < -0.4 is 5.73 Å². The van der Waals surface area contributed by atoms with Crippen molar-refractivity contribution in [2.75, 3.05) is 0 Å². The molecule has 1 aromatic rings. The van der Waals surface area contributed by atoms with Crippen molar-refractivity contribution in [3.05, 3.63) is 34.3 Å². The molecular weight excluding hydrogens is 212 g/mol. The monoisotopic (exact) mass is 219 g/mol. The highest BCUT2D eigenvalue weighted by molar-refractivity contribution is 6.31. The molecule has 2 N–H and O–H groups in total. The van der Waals surface area contributed by atoms with Crippen LogP contribution in [-0.2, 0) is 5.92 Å². The number of amides is 1. The summed E-state index contributed by atoms with van der Waals surface area (Å²) in [4.78, 5) is 10.8. The average molecular weight is 220 g/mol. The van der Waals surface area contributed by atoms with Crippen LogP contribution in [0.1, 0.15) is 22.8 Å². The van der Waals surface area contributed by atoms with Gasteiger partial charge >= 0.3 is 0 Å². The summed E-state index contributed by atoms with van der Waals surface area (Å²) in [7, 11) is 0. The van der Waals surface area contributed by atoms with Gasteiger partial charge in [-0.2, -0.15) is 0 Å². The standard InChI is InChI=1S/C9H8ClF2NO/c1-9(11,12)6-2-5(8(13)14)3-7(10)4-6/h2-4H,1H3,(H2,13,14). The first-order chi connectivity index (χ1) is 6.30. The van der Waals surface area contributed by atoms with Crippen molar-refractivity contribution in [1.29, 1.82) is 0 Å². The zero-order valence-corrected chi connectivity index (χ0v) is 8.11. The lowest BCUT2D eigenvalue weighted by atomic mass is 10.1. The molecule has 0 aliphatic heterocycles. The first-order valence-corrected chi connectivity index (χ1v) is 4.17. The van der Waals surface area contributed by atoms with Gasteiger partial charge in [0.15, 0.2) is 0 Å². The molecule has 1 rings (SSSR count). The third kappa shape index (κ3) is 2.42. The van der Waals surface area contributed by atoms with Gasteiger partial charge in [0.25, 0.3) is 5.92 Å². The smallest absolute Gasteiger partial charge is 0.270 e. The van der Waals surface area contributed by atoms with Crippen molar-refractivity contribution in [3.8, 4) is 0 Å². The number of hydrogen-bond donors (Lipinski definition) is 1. The second kappa shape index (κ2) is 3.53. The molecule has 1 amide bonds. The maximum atomic E-state index is 12.9. The molecule has 0 aliphatic rings. The highest BCUT2D eigenvalue weighted by atomic mass is 35.5. The number of hydrogen-bond acceptors (Lipinski definition) is 1. The van der Waals surface area contributed by atoms with E-state index in [9.17, 15) is 13.6 Å². The lowest BCUT2D eigenvalue weighted by Crippen LogP contribution is -2.14. The summed E-state index contributed by atoms with van der Waals surface area (Å²) in [6.45, 7) is 0.726. The third-order valence-corrected chi connectivity index (χ3v) is 1.91. The van der Waals surface area contributed by atoms with Crippen LogP contribution in [0.4, 0.5) is 8.78 Å². The van der Waals surface area contributed by atoms with Gasteiger partial charge in [0, 0.05) is 23.1 Å². The fraction of sp³-hybridized carbons (Fsp3) is 0.222. The van der Waals surface area contributed by atoms with Crippen molar-refractivity contribution in [3.63, 3.8) is 0 Å². The molecular formula is C9H8ClF2NO. The SMILES string of the molecule is CC(F)(F)c1cc(Cl)cc(C(N)=O)c1. The Balaban J connectivity index is 3.28. The maximum Gasteiger partial charge on any atom is 0.270 e. The molecule has 76 valence electrons. The number of nitrogens with two attached hydrogens (primary N) is 1. The number of halogens is 3. The van der Waals surface area contributed by atoms with Gasteiger partial charge in [0.05, 0.1) is 0 Å². The maximum absolute atomic E-state index is 12.9. The minimum Gasteiger partial charge on any atom is -0.366 e. The molecule has 0 saturated heterocycles. The quantitative estimate of drug-likeness (QED) is 0.816. The van der Waals surface area contributed by atoms with E-state index in [1.54, 1.807) is 0 Å². The molecule has 0 radical (unpaired) electrons. The topological polar surface area (TPSA) is 43.1 Å². The predicted molar refractivity (Wildman–Crippen MR) is 49.5 cm³/mol. The van der Waals surface area contributed by atoms with E-state index < -0.39 is 11.8 Å². The molecule has 0 saturated carbocycles. The number of carbonyl (C=O) groups excluding carboxylic acids is 1. The molecule has 1 aromatic carbocycles. The van der Waals surface area contributed by atoms with Crippen molar-refractivity contribution in [1.82, 2.24) is 0 Å². The fourth-order valence-electron chi connectivity index (χ4n) is 0.985. The van der Waals surface area contributed by atoms with Crippen LogP contribution in [0.5, 0.6) is 0 Å². The van der Waals surface area contributed by atoms with Gasteiger partial charge in [-0.05, 0) is 18.2 Å². The molecule has 5 heteroatoms. The van der Waals surface area contributed by atoms with Gasteiger partial charge in [-0.3, -0.25) is 4.79 Å². The average Bonchev–Trinajstić information content (AvgIpc) is 2.01. The molecule has 0 atom stereocenters. The molecule has 2 nitrogen and oxygen atoms in total. The van der Waals surface area contributed by atoms with Gasteiger partial charge in [0.2, 0.25) is 5.91 Å². The van der Waals surface area contributed by atoms with Crippen molar-refractivity contribution in [2.45, 2.75) is 12.8 Å². The van der Waals surface area contributed by atoms with Crippen LogP contribution >= 0.6 is 11.6 Å². The molecule has 14 heavy (non-hydrogen) atoms. The molecule has 0 heterocycles. The van der Waals surface area contributed by atoms with Gasteiger partial charge in [0.1, 0.15) is 0 Å². The van der Waals surface area contributed by atoms with E-state index in [4.69, 9.17) is 17.3 Å². The van der Waals surface area contributed by atoms with E-state index in [-0.39, 0.29) is 16.1 Å². The Morgan fingerprint density at radius 3 is 2.43 bits per heavy atom. The third-order valence-electron chi connectivity index (χ3n) is 1.69. The van der Waals surface area contributed by atoms with E-state index in [1.165, 1.54) is 6.07 Å². The van der Waals surface area contributed by atoms with E-state index in [2.05, 4.69) is 0 Å². The highest BCUT2D eigenvalue weighted by Crippen LogP contribution is 2.29. The number of primary amides is 1. The first kappa shape index (κ1) is 10.9. The van der Waals surface area contributed by atoms with Crippen molar-refractivity contribution < 1.29 is 13.6 Å². The second-order valence-electron chi connectivity index (χ2n) is 2.98. The zero-order chi connectivity index (χ0) is 10.9. The van der Waals surface area contributed by atoms with Gasteiger partial charge in [-0.25, -0.2) is 8.78 Å². The predicted octanol–water partition coefficient (Wildman–Crippen LogP) is 2.55. The normalized spacial score (nSPS) is 11.4. The van der Waals surface area contributed by atoms with Crippen LogP contribution in [0, 0.1) is 0 Å². The Hall–Kier alpha value is -1.16. The summed E-state index contributed by atoms with van der Waals surface area (Å²) in [5.41, 5.74) is 4.61. The number of benzene rings is 1.